The third-order valence-electron chi connectivity index (χ3n) is 5.24. The number of carbonyl (C=O) groups is 3. The average molecular weight is 448 g/mol. The van der Waals surface area contributed by atoms with Crippen molar-refractivity contribution in [3.05, 3.63) is 95.8 Å². The number of rotatable bonds is 9. The van der Waals surface area contributed by atoms with Crippen molar-refractivity contribution < 1.29 is 18.8 Å². The van der Waals surface area contributed by atoms with Gasteiger partial charge in [-0.2, -0.15) is 0 Å². The summed E-state index contributed by atoms with van der Waals surface area (Å²) in [7, 11) is 0. The highest BCUT2D eigenvalue weighted by molar-refractivity contribution is 5.91. The summed E-state index contributed by atoms with van der Waals surface area (Å²) in [6.45, 7) is 1.27. The van der Waals surface area contributed by atoms with E-state index in [1.54, 1.807) is 12.1 Å². The molecule has 3 amide bonds. The predicted octanol–water partition coefficient (Wildman–Crippen LogP) is 2.75. The largest absolute Gasteiger partial charge is 0.368 e. The molecule has 0 heterocycles. The van der Waals surface area contributed by atoms with Gasteiger partial charge in [0.2, 0.25) is 17.7 Å². The van der Waals surface area contributed by atoms with Gasteiger partial charge in [0.1, 0.15) is 17.9 Å². The third kappa shape index (κ3) is 6.74. The van der Waals surface area contributed by atoms with Gasteiger partial charge < -0.3 is 16.4 Å². The number of carbonyl (C=O) groups excluding carboxylic acids is 3. The van der Waals surface area contributed by atoms with Gasteiger partial charge in [0, 0.05) is 19.8 Å². The first-order chi connectivity index (χ1) is 15.8. The molecule has 7 heteroatoms. The first-order valence-corrected chi connectivity index (χ1v) is 10.6. The van der Waals surface area contributed by atoms with Crippen LogP contribution in [0.3, 0.4) is 0 Å². The lowest BCUT2D eigenvalue weighted by atomic mass is 9.99. The quantitative estimate of drug-likeness (QED) is 0.470. The maximum Gasteiger partial charge on any atom is 0.243 e. The minimum atomic E-state index is -1.05. The summed E-state index contributed by atoms with van der Waals surface area (Å²) < 4.78 is 14.1. The van der Waals surface area contributed by atoms with E-state index < -0.39 is 35.6 Å². The minimum absolute atomic E-state index is 0.0602. The fourth-order valence-corrected chi connectivity index (χ4v) is 3.53. The van der Waals surface area contributed by atoms with Crippen molar-refractivity contribution in [3.8, 4) is 11.1 Å². The van der Waals surface area contributed by atoms with E-state index >= 15 is 0 Å². The molecule has 6 nitrogen and oxygen atoms in total. The van der Waals surface area contributed by atoms with Gasteiger partial charge in [0.05, 0.1) is 0 Å². The molecule has 4 N–H and O–H groups in total. The Hall–Kier alpha value is -4.00. The Kier molecular flexibility index (Phi) is 7.91. The van der Waals surface area contributed by atoms with E-state index in [0.717, 1.165) is 16.7 Å². The second kappa shape index (κ2) is 11.0. The average Bonchev–Trinajstić information content (AvgIpc) is 2.80. The van der Waals surface area contributed by atoms with Crippen LogP contribution in [0.15, 0.2) is 78.9 Å². The minimum Gasteiger partial charge on any atom is -0.368 e. The fourth-order valence-electron chi connectivity index (χ4n) is 3.53. The Morgan fingerprint density at radius 2 is 1.39 bits per heavy atom. The van der Waals surface area contributed by atoms with E-state index in [1.807, 2.05) is 54.6 Å². The molecule has 170 valence electrons. The second-order valence-corrected chi connectivity index (χ2v) is 7.78. The number of nitrogens with one attached hydrogen (secondary N) is 2. The fraction of sp³-hybridized carbons (Fsp3) is 0.192. The Bertz CT molecular complexity index is 1120. The van der Waals surface area contributed by atoms with Crippen LogP contribution >= 0.6 is 0 Å². The lowest BCUT2D eigenvalue weighted by Crippen LogP contribution is -2.54. The first-order valence-electron chi connectivity index (χ1n) is 10.6. The van der Waals surface area contributed by atoms with Crippen molar-refractivity contribution in [3.63, 3.8) is 0 Å². The standard InChI is InChI=1S/C26H26FN3O3/c1-17(31)29-24(16-21-9-5-6-10-22(21)27)26(33)30-23(25(28)32)15-18-11-13-20(14-12-18)19-7-3-2-4-8-19/h2-14,23-24H,15-16H2,1H3,(H2,28,32)(H,29,31)(H,30,33)/t23-,24-/m1/s1. The number of hydrogen-bond acceptors (Lipinski definition) is 3. The normalized spacial score (nSPS) is 12.4. The number of amides is 3. The number of hydrogen-bond donors (Lipinski definition) is 3. The SMILES string of the molecule is CC(=O)N[C@H](Cc1ccccc1F)C(=O)N[C@H](Cc1ccc(-c2ccccc2)cc1)C(N)=O. The van der Waals surface area contributed by atoms with Gasteiger partial charge in [-0.1, -0.05) is 72.8 Å². The molecular weight excluding hydrogens is 421 g/mol. The Balaban J connectivity index is 1.71. The number of halogens is 1. The summed E-state index contributed by atoms with van der Waals surface area (Å²) in [4.78, 5) is 36.5. The Morgan fingerprint density at radius 1 is 0.788 bits per heavy atom. The smallest absolute Gasteiger partial charge is 0.243 e. The topological polar surface area (TPSA) is 101 Å². The van der Waals surface area contributed by atoms with Gasteiger partial charge in [-0.05, 0) is 28.3 Å². The van der Waals surface area contributed by atoms with Crippen LogP contribution < -0.4 is 16.4 Å². The summed E-state index contributed by atoms with van der Waals surface area (Å²) in [6, 6.07) is 21.4. The van der Waals surface area contributed by atoms with Crippen molar-refractivity contribution in [1.82, 2.24) is 10.6 Å². The summed E-state index contributed by atoms with van der Waals surface area (Å²) in [5.41, 5.74) is 8.70. The van der Waals surface area contributed by atoms with Gasteiger partial charge in [0.15, 0.2) is 0 Å². The van der Waals surface area contributed by atoms with Crippen LogP contribution in [0.4, 0.5) is 4.39 Å². The van der Waals surface area contributed by atoms with Crippen LogP contribution in [-0.2, 0) is 27.2 Å². The van der Waals surface area contributed by atoms with Crippen LogP contribution in [0.5, 0.6) is 0 Å². The van der Waals surface area contributed by atoms with Crippen LogP contribution in [0, 0.1) is 5.82 Å². The van der Waals surface area contributed by atoms with Crippen LogP contribution in [-0.4, -0.2) is 29.8 Å². The zero-order valence-electron chi connectivity index (χ0n) is 18.3. The molecule has 0 aliphatic rings. The molecule has 0 aromatic heterocycles. The van der Waals surface area contributed by atoms with Gasteiger partial charge >= 0.3 is 0 Å². The number of benzene rings is 3. The summed E-state index contributed by atoms with van der Waals surface area (Å²) in [5.74, 6) is -2.25. The molecule has 0 unspecified atom stereocenters. The molecule has 0 fully saturated rings. The molecule has 0 spiro atoms. The molecule has 0 radical (unpaired) electrons. The molecule has 3 aromatic carbocycles. The van der Waals surface area contributed by atoms with Gasteiger partial charge in [-0.25, -0.2) is 4.39 Å². The Labute approximate surface area is 192 Å². The molecule has 0 saturated heterocycles. The lowest BCUT2D eigenvalue weighted by Gasteiger charge is -2.22. The van der Waals surface area contributed by atoms with Crippen molar-refractivity contribution in [2.45, 2.75) is 31.8 Å². The molecule has 2 atom stereocenters. The third-order valence-corrected chi connectivity index (χ3v) is 5.24. The molecule has 0 aliphatic carbocycles. The van der Waals surface area contributed by atoms with E-state index in [-0.39, 0.29) is 18.4 Å². The maximum absolute atomic E-state index is 14.1. The van der Waals surface area contributed by atoms with Crippen molar-refractivity contribution in [2.75, 3.05) is 0 Å². The molecule has 33 heavy (non-hydrogen) atoms. The van der Waals surface area contributed by atoms with Crippen molar-refractivity contribution >= 4 is 17.7 Å². The highest BCUT2D eigenvalue weighted by atomic mass is 19.1. The van der Waals surface area contributed by atoms with E-state index in [0.29, 0.717) is 0 Å². The zero-order valence-corrected chi connectivity index (χ0v) is 18.3. The molecule has 0 saturated carbocycles. The monoisotopic (exact) mass is 447 g/mol. The second-order valence-electron chi connectivity index (χ2n) is 7.78. The van der Waals surface area contributed by atoms with Crippen LogP contribution in [0.1, 0.15) is 18.1 Å². The molecule has 3 rings (SSSR count). The molecule has 0 bridgehead atoms. The lowest BCUT2D eigenvalue weighted by molar-refractivity contribution is -0.130. The summed E-state index contributed by atoms with van der Waals surface area (Å²) in [5, 5.41) is 5.13. The van der Waals surface area contributed by atoms with Gasteiger partial charge in [-0.3, -0.25) is 14.4 Å². The van der Waals surface area contributed by atoms with E-state index in [9.17, 15) is 18.8 Å². The molecule has 3 aromatic rings. The first kappa shape index (κ1) is 23.7. The highest BCUT2D eigenvalue weighted by Crippen LogP contribution is 2.20. The summed E-state index contributed by atoms with van der Waals surface area (Å²) in [6.07, 6.45) is 0.123. The zero-order chi connectivity index (χ0) is 23.8. The maximum atomic E-state index is 14.1. The van der Waals surface area contributed by atoms with E-state index in [4.69, 9.17) is 5.73 Å². The van der Waals surface area contributed by atoms with Crippen molar-refractivity contribution in [2.24, 2.45) is 5.73 Å². The van der Waals surface area contributed by atoms with Crippen molar-refractivity contribution in [1.29, 1.82) is 0 Å². The van der Waals surface area contributed by atoms with Gasteiger partial charge in [-0.15, -0.1) is 0 Å². The predicted molar refractivity (Wildman–Crippen MR) is 124 cm³/mol. The summed E-state index contributed by atoms with van der Waals surface area (Å²) >= 11 is 0. The van der Waals surface area contributed by atoms with E-state index in [2.05, 4.69) is 10.6 Å². The Morgan fingerprint density at radius 3 is 2.00 bits per heavy atom. The van der Waals surface area contributed by atoms with Crippen LogP contribution in [0.2, 0.25) is 0 Å². The number of nitrogens with two attached hydrogens (primary N) is 1. The molecule has 0 aliphatic heterocycles. The van der Waals surface area contributed by atoms with E-state index in [1.165, 1.54) is 19.1 Å². The van der Waals surface area contributed by atoms with Gasteiger partial charge in [0.25, 0.3) is 0 Å². The molecular formula is C26H26FN3O3. The van der Waals surface area contributed by atoms with Crippen LogP contribution in [0.25, 0.3) is 11.1 Å². The number of primary amides is 1. The highest BCUT2D eigenvalue weighted by Gasteiger charge is 2.26.